The zero-order valence-electron chi connectivity index (χ0n) is 7.79. The lowest BCUT2D eigenvalue weighted by molar-refractivity contribution is 0.0702. The second kappa shape index (κ2) is 3.33. The van der Waals surface area contributed by atoms with Crippen LogP contribution in [0.15, 0.2) is 6.20 Å². The summed E-state index contributed by atoms with van der Waals surface area (Å²) < 4.78 is 0. The number of thiazole rings is 1. The van der Waals surface area contributed by atoms with E-state index in [0.717, 1.165) is 11.3 Å². The SMILES string of the molecule is CC(C)(C)Nc1ncc(C(=O)O)s1. The van der Waals surface area contributed by atoms with E-state index in [1.807, 2.05) is 20.8 Å². The number of hydrogen-bond acceptors (Lipinski definition) is 4. The fourth-order valence-corrected chi connectivity index (χ4v) is 1.62. The second-order valence-corrected chi connectivity index (χ2v) is 4.74. The van der Waals surface area contributed by atoms with Gasteiger partial charge >= 0.3 is 5.97 Å². The summed E-state index contributed by atoms with van der Waals surface area (Å²) in [7, 11) is 0. The van der Waals surface area contributed by atoms with Crippen molar-refractivity contribution in [3.05, 3.63) is 11.1 Å². The predicted octanol–water partition coefficient (Wildman–Crippen LogP) is 2.05. The van der Waals surface area contributed by atoms with Gasteiger partial charge < -0.3 is 10.4 Å². The van der Waals surface area contributed by atoms with E-state index < -0.39 is 5.97 Å². The van der Waals surface area contributed by atoms with Crippen LogP contribution in [0.3, 0.4) is 0 Å². The molecule has 0 fully saturated rings. The third-order valence-electron chi connectivity index (χ3n) is 1.20. The van der Waals surface area contributed by atoms with Gasteiger partial charge in [0.25, 0.3) is 0 Å². The molecule has 0 saturated heterocycles. The molecule has 0 saturated carbocycles. The van der Waals surface area contributed by atoms with Gasteiger partial charge in [-0.3, -0.25) is 0 Å². The first kappa shape index (κ1) is 9.98. The van der Waals surface area contributed by atoms with E-state index in [4.69, 9.17) is 5.11 Å². The molecule has 0 amide bonds. The van der Waals surface area contributed by atoms with Crippen molar-refractivity contribution in [1.29, 1.82) is 0 Å². The fourth-order valence-electron chi connectivity index (χ4n) is 0.752. The van der Waals surface area contributed by atoms with Crippen molar-refractivity contribution in [3.63, 3.8) is 0 Å². The minimum absolute atomic E-state index is 0.0897. The van der Waals surface area contributed by atoms with Crippen molar-refractivity contribution in [2.75, 3.05) is 5.32 Å². The molecule has 0 aromatic carbocycles. The first-order chi connectivity index (χ1) is 5.88. The molecule has 72 valence electrons. The highest BCUT2D eigenvalue weighted by Crippen LogP contribution is 2.21. The van der Waals surface area contributed by atoms with Gasteiger partial charge in [-0.15, -0.1) is 0 Å². The Balaban J connectivity index is 2.75. The Labute approximate surface area is 80.6 Å². The van der Waals surface area contributed by atoms with E-state index in [1.54, 1.807) is 0 Å². The summed E-state index contributed by atoms with van der Waals surface area (Å²) in [6, 6.07) is 0. The molecule has 0 bridgehead atoms. The standard InChI is InChI=1S/C8H12N2O2S/c1-8(2,3)10-7-9-4-5(13-7)6(11)12/h4H,1-3H3,(H,9,10)(H,11,12). The van der Waals surface area contributed by atoms with Crippen LogP contribution >= 0.6 is 11.3 Å². The van der Waals surface area contributed by atoms with Crippen LogP contribution in [0.25, 0.3) is 0 Å². The van der Waals surface area contributed by atoms with E-state index in [0.29, 0.717) is 5.13 Å². The fraction of sp³-hybridized carbons (Fsp3) is 0.500. The van der Waals surface area contributed by atoms with Gasteiger partial charge in [-0.1, -0.05) is 11.3 Å². The van der Waals surface area contributed by atoms with Crippen molar-refractivity contribution in [1.82, 2.24) is 4.98 Å². The molecule has 0 aliphatic carbocycles. The van der Waals surface area contributed by atoms with Gasteiger partial charge in [-0.25, -0.2) is 9.78 Å². The first-order valence-corrected chi connectivity index (χ1v) is 4.67. The van der Waals surface area contributed by atoms with Crippen molar-refractivity contribution in [2.24, 2.45) is 0 Å². The molecule has 1 rings (SSSR count). The number of carboxylic acids is 1. The Kier molecular flexibility index (Phi) is 2.56. The summed E-state index contributed by atoms with van der Waals surface area (Å²) in [6.45, 7) is 5.98. The predicted molar refractivity (Wildman–Crippen MR) is 52.4 cm³/mol. The maximum absolute atomic E-state index is 10.5. The zero-order chi connectivity index (χ0) is 10.1. The highest BCUT2D eigenvalue weighted by molar-refractivity contribution is 7.17. The molecule has 2 N–H and O–H groups in total. The number of anilines is 1. The van der Waals surface area contributed by atoms with Crippen molar-refractivity contribution < 1.29 is 9.90 Å². The van der Waals surface area contributed by atoms with Gasteiger partial charge in [0, 0.05) is 5.54 Å². The third-order valence-corrected chi connectivity index (χ3v) is 2.10. The molecule has 0 spiro atoms. The Morgan fingerprint density at radius 3 is 2.62 bits per heavy atom. The van der Waals surface area contributed by atoms with Gasteiger partial charge in [0.05, 0.1) is 6.20 Å². The van der Waals surface area contributed by atoms with Crippen LogP contribution in [0.1, 0.15) is 30.4 Å². The van der Waals surface area contributed by atoms with Crippen LogP contribution in [0.2, 0.25) is 0 Å². The molecular weight excluding hydrogens is 188 g/mol. The second-order valence-electron chi connectivity index (χ2n) is 3.71. The molecule has 0 radical (unpaired) electrons. The normalized spacial score (nSPS) is 11.3. The summed E-state index contributed by atoms with van der Waals surface area (Å²) >= 11 is 1.15. The van der Waals surface area contributed by atoms with Crippen molar-refractivity contribution in [3.8, 4) is 0 Å². The maximum Gasteiger partial charge on any atom is 0.347 e. The molecular formula is C8H12N2O2S. The first-order valence-electron chi connectivity index (χ1n) is 3.86. The minimum Gasteiger partial charge on any atom is -0.477 e. The molecule has 0 atom stereocenters. The zero-order valence-corrected chi connectivity index (χ0v) is 8.60. The molecule has 4 nitrogen and oxygen atoms in total. The lowest BCUT2D eigenvalue weighted by Crippen LogP contribution is -2.25. The average molecular weight is 200 g/mol. The van der Waals surface area contributed by atoms with E-state index in [2.05, 4.69) is 10.3 Å². The molecule has 0 aliphatic heterocycles. The lowest BCUT2D eigenvalue weighted by atomic mass is 10.1. The molecule has 1 aromatic heterocycles. The maximum atomic E-state index is 10.5. The molecule has 0 aliphatic rings. The Morgan fingerprint density at radius 2 is 2.23 bits per heavy atom. The quantitative estimate of drug-likeness (QED) is 0.767. The molecule has 1 aromatic rings. The summed E-state index contributed by atoms with van der Waals surface area (Å²) in [5.74, 6) is -0.931. The van der Waals surface area contributed by atoms with Gasteiger partial charge in [-0.05, 0) is 20.8 Å². The molecule has 0 unspecified atom stereocenters. The van der Waals surface area contributed by atoms with Gasteiger partial charge in [-0.2, -0.15) is 0 Å². The third kappa shape index (κ3) is 3.02. The van der Waals surface area contributed by atoms with Gasteiger partial charge in [0.1, 0.15) is 4.88 Å². The number of nitrogens with zero attached hydrogens (tertiary/aromatic N) is 1. The van der Waals surface area contributed by atoms with Crippen LogP contribution in [0, 0.1) is 0 Å². The van der Waals surface area contributed by atoms with Crippen LogP contribution in [0.4, 0.5) is 5.13 Å². The lowest BCUT2D eigenvalue weighted by Gasteiger charge is -2.19. The number of aromatic nitrogens is 1. The topological polar surface area (TPSA) is 62.2 Å². The van der Waals surface area contributed by atoms with Crippen LogP contribution < -0.4 is 5.32 Å². The summed E-state index contributed by atoms with van der Waals surface area (Å²) in [5, 5.41) is 12.4. The average Bonchev–Trinajstić information content (AvgIpc) is 2.31. The Bertz CT molecular complexity index is 314. The largest absolute Gasteiger partial charge is 0.477 e. The number of nitrogens with one attached hydrogen (secondary N) is 1. The van der Waals surface area contributed by atoms with Gasteiger partial charge in [0.2, 0.25) is 0 Å². The number of carboxylic acid groups (broad SMARTS) is 1. The Hall–Kier alpha value is -1.10. The van der Waals surface area contributed by atoms with Gasteiger partial charge in [0.15, 0.2) is 5.13 Å². The molecule has 1 heterocycles. The number of hydrogen-bond donors (Lipinski definition) is 2. The Morgan fingerprint density at radius 1 is 1.62 bits per heavy atom. The minimum atomic E-state index is -0.931. The highest BCUT2D eigenvalue weighted by atomic mass is 32.1. The monoisotopic (exact) mass is 200 g/mol. The summed E-state index contributed by atoms with van der Waals surface area (Å²) in [5.41, 5.74) is -0.0897. The van der Waals surface area contributed by atoms with Crippen LogP contribution in [-0.4, -0.2) is 21.6 Å². The highest BCUT2D eigenvalue weighted by Gasteiger charge is 2.13. The van der Waals surface area contributed by atoms with E-state index in [1.165, 1.54) is 6.20 Å². The van der Waals surface area contributed by atoms with Crippen molar-refractivity contribution >= 4 is 22.4 Å². The summed E-state index contributed by atoms with van der Waals surface area (Å²) in [4.78, 5) is 14.7. The van der Waals surface area contributed by atoms with Crippen LogP contribution in [-0.2, 0) is 0 Å². The molecule has 5 heteroatoms. The van der Waals surface area contributed by atoms with Crippen molar-refractivity contribution in [2.45, 2.75) is 26.3 Å². The number of carbonyl (C=O) groups is 1. The molecule has 13 heavy (non-hydrogen) atoms. The smallest absolute Gasteiger partial charge is 0.347 e. The number of aromatic carboxylic acids is 1. The summed E-state index contributed by atoms with van der Waals surface area (Å²) in [6.07, 6.45) is 1.36. The van der Waals surface area contributed by atoms with E-state index in [-0.39, 0.29) is 10.4 Å². The van der Waals surface area contributed by atoms with Crippen LogP contribution in [0.5, 0.6) is 0 Å². The van der Waals surface area contributed by atoms with E-state index in [9.17, 15) is 4.79 Å². The van der Waals surface area contributed by atoms with E-state index >= 15 is 0 Å². The number of rotatable bonds is 2.